The molecule has 3 aromatic rings. The average Bonchev–Trinajstić information content (AvgIpc) is 3.21. The Bertz CT molecular complexity index is 972. The third-order valence-corrected chi connectivity index (χ3v) is 4.39. The SMILES string of the molecule is CCn1cc(C(=O)/C=C/c2ccc(OC)c(COc3ccc(C)cc3)c2)cn1. The number of hydrogen-bond donors (Lipinski definition) is 0. The number of rotatable bonds is 8. The van der Waals surface area contributed by atoms with E-state index in [1.807, 2.05) is 56.3 Å². The molecule has 0 aliphatic rings. The molecule has 0 atom stereocenters. The highest BCUT2D eigenvalue weighted by atomic mass is 16.5. The molecule has 0 fully saturated rings. The molecular weight excluding hydrogens is 352 g/mol. The van der Waals surface area contributed by atoms with Gasteiger partial charge < -0.3 is 9.47 Å². The van der Waals surface area contributed by atoms with Gasteiger partial charge in [0, 0.05) is 18.3 Å². The Hall–Kier alpha value is -3.34. The maximum absolute atomic E-state index is 12.3. The van der Waals surface area contributed by atoms with Crippen LogP contribution in [-0.2, 0) is 13.2 Å². The molecule has 0 aliphatic heterocycles. The average molecular weight is 376 g/mol. The normalized spacial score (nSPS) is 11.0. The number of aryl methyl sites for hydroxylation is 2. The van der Waals surface area contributed by atoms with Crippen molar-refractivity contribution in [2.24, 2.45) is 0 Å². The third kappa shape index (κ3) is 4.88. The van der Waals surface area contributed by atoms with Gasteiger partial charge in [0.2, 0.25) is 0 Å². The molecule has 0 saturated heterocycles. The standard InChI is InChI=1S/C23H24N2O3/c1-4-25-15-20(14-24-25)22(26)11-7-18-8-12-23(27-3)19(13-18)16-28-21-9-5-17(2)6-10-21/h5-15H,4,16H2,1-3H3/b11-7+. The summed E-state index contributed by atoms with van der Waals surface area (Å²) in [6, 6.07) is 13.7. The third-order valence-electron chi connectivity index (χ3n) is 4.39. The van der Waals surface area contributed by atoms with E-state index < -0.39 is 0 Å². The van der Waals surface area contributed by atoms with Crippen molar-refractivity contribution in [2.75, 3.05) is 7.11 Å². The van der Waals surface area contributed by atoms with Gasteiger partial charge in [0.25, 0.3) is 0 Å². The van der Waals surface area contributed by atoms with Gasteiger partial charge in [0.1, 0.15) is 18.1 Å². The molecule has 0 amide bonds. The lowest BCUT2D eigenvalue weighted by molar-refractivity contribution is 0.104. The molecule has 0 unspecified atom stereocenters. The minimum absolute atomic E-state index is 0.0760. The molecule has 144 valence electrons. The van der Waals surface area contributed by atoms with Gasteiger partial charge in [-0.25, -0.2) is 0 Å². The molecule has 1 heterocycles. The first-order valence-electron chi connectivity index (χ1n) is 9.20. The minimum Gasteiger partial charge on any atom is -0.496 e. The van der Waals surface area contributed by atoms with Gasteiger partial charge in [-0.15, -0.1) is 0 Å². The summed E-state index contributed by atoms with van der Waals surface area (Å²) in [5.74, 6) is 1.48. The number of ketones is 1. The molecule has 0 aliphatic carbocycles. The fourth-order valence-corrected chi connectivity index (χ4v) is 2.74. The summed E-state index contributed by atoms with van der Waals surface area (Å²) in [5.41, 5.74) is 3.58. The van der Waals surface area contributed by atoms with Gasteiger partial charge in [-0.2, -0.15) is 5.10 Å². The van der Waals surface area contributed by atoms with Crippen molar-refractivity contribution in [3.8, 4) is 11.5 Å². The first-order chi connectivity index (χ1) is 13.6. The van der Waals surface area contributed by atoms with Crippen LogP contribution in [0.2, 0.25) is 0 Å². The van der Waals surface area contributed by atoms with E-state index in [2.05, 4.69) is 5.10 Å². The number of nitrogens with zero attached hydrogens (tertiary/aromatic N) is 2. The van der Waals surface area contributed by atoms with Crippen molar-refractivity contribution in [1.29, 1.82) is 0 Å². The Morgan fingerprint density at radius 1 is 1.18 bits per heavy atom. The second-order valence-corrected chi connectivity index (χ2v) is 6.46. The number of benzene rings is 2. The maximum Gasteiger partial charge on any atom is 0.189 e. The molecule has 0 radical (unpaired) electrons. The lowest BCUT2D eigenvalue weighted by Crippen LogP contribution is -1.99. The maximum atomic E-state index is 12.3. The number of carbonyl (C=O) groups excluding carboxylic acids is 1. The van der Waals surface area contributed by atoms with Crippen LogP contribution < -0.4 is 9.47 Å². The van der Waals surface area contributed by atoms with Gasteiger partial charge >= 0.3 is 0 Å². The lowest BCUT2D eigenvalue weighted by atomic mass is 10.1. The summed E-state index contributed by atoms with van der Waals surface area (Å²) in [4.78, 5) is 12.3. The van der Waals surface area contributed by atoms with E-state index in [0.717, 1.165) is 29.2 Å². The van der Waals surface area contributed by atoms with Crippen LogP contribution in [0.25, 0.3) is 6.08 Å². The summed E-state index contributed by atoms with van der Waals surface area (Å²) in [7, 11) is 1.63. The fourth-order valence-electron chi connectivity index (χ4n) is 2.74. The van der Waals surface area contributed by atoms with E-state index in [4.69, 9.17) is 9.47 Å². The molecule has 3 rings (SSSR count). The van der Waals surface area contributed by atoms with Crippen LogP contribution in [0, 0.1) is 6.92 Å². The zero-order chi connectivity index (χ0) is 19.9. The second kappa shape index (κ2) is 9.04. The molecule has 1 aromatic heterocycles. The molecule has 0 spiro atoms. The molecule has 5 nitrogen and oxygen atoms in total. The second-order valence-electron chi connectivity index (χ2n) is 6.46. The van der Waals surface area contributed by atoms with E-state index in [0.29, 0.717) is 12.2 Å². The van der Waals surface area contributed by atoms with E-state index >= 15 is 0 Å². The summed E-state index contributed by atoms with van der Waals surface area (Å²) >= 11 is 0. The van der Waals surface area contributed by atoms with Gasteiger partial charge in [0.15, 0.2) is 5.78 Å². The highest BCUT2D eigenvalue weighted by molar-refractivity contribution is 6.06. The summed E-state index contributed by atoms with van der Waals surface area (Å²) < 4.78 is 13.0. The first kappa shape index (κ1) is 19.4. The van der Waals surface area contributed by atoms with Crippen LogP contribution >= 0.6 is 0 Å². The van der Waals surface area contributed by atoms with Gasteiger partial charge in [-0.3, -0.25) is 9.48 Å². The summed E-state index contributed by atoms with van der Waals surface area (Å²) in [6.45, 7) is 5.14. The van der Waals surface area contributed by atoms with Gasteiger partial charge in [-0.1, -0.05) is 29.8 Å². The van der Waals surface area contributed by atoms with Crippen molar-refractivity contribution in [3.63, 3.8) is 0 Å². The monoisotopic (exact) mass is 376 g/mol. The molecule has 0 N–H and O–H groups in total. The largest absolute Gasteiger partial charge is 0.496 e. The molecule has 2 aromatic carbocycles. The number of methoxy groups -OCH3 is 1. The topological polar surface area (TPSA) is 53.4 Å². The van der Waals surface area contributed by atoms with Crippen molar-refractivity contribution in [3.05, 3.63) is 83.2 Å². The minimum atomic E-state index is -0.0760. The van der Waals surface area contributed by atoms with E-state index in [-0.39, 0.29) is 5.78 Å². The Balaban J connectivity index is 1.72. The first-order valence-corrected chi connectivity index (χ1v) is 9.20. The highest BCUT2D eigenvalue weighted by Crippen LogP contribution is 2.23. The van der Waals surface area contributed by atoms with E-state index in [9.17, 15) is 4.79 Å². The Morgan fingerprint density at radius 3 is 2.64 bits per heavy atom. The number of carbonyl (C=O) groups is 1. The molecule has 28 heavy (non-hydrogen) atoms. The molecule has 0 saturated carbocycles. The Kier molecular flexibility index (Phi) is 6.27. The number of ether oxygens (including phenoxy) is 2. The van der Waals surface area contributed by atoms with Gasteiger partial charge in [-0.05, 0) is 49.8 Å². The molecular formula is C23H24N2O3. The number of aromatic nitrogens is 2. The Labute approximate surface area is 165 Å². The number of hydrogen-bond acceptors (Lipinski definition) is 4. The highest BCUT2D eigenvalue weighted by Gasteiger charge is 2.07. The van der Waals surface area contributed by atoms with Crippen LogP contribution in [0.5, 0.6) is 11.5 Å². The fraction of sp³-hybridized carbons (Fsp3) is 0.217. The summed E-state index contributed by atoms with van der Waals surface area (Å²) in [5, 5.41) is 4.13. The number of allylic oxidation sites excluding steroid dienone is 1. The Morgan fingerprint density at radius 2 is 1.96 bits per heavy atom. The molecule has 5 heteroatoms. The van der Waals surface area contributed by atoms with E-state index in [1.165, 1.54) is 5.56 Å². The van der Waals surface area contributed by atoms with Crippen LogP contribution in [0.4, 0.5) is 0 Å². The van der Waals surface area contributed by atoms with Crippen LogP contribution in [0.1, 0.15) is 34.0 Å². The van der Waals surface area contributed by atoms with E-state index in [1.54, 1.807) is 36.3 Å². The van der Waals surface area contributed by atoms with Crippen molar-refractivity contribution in [2.45, 2.75) is 27.0 Å². The van der Waals surface area contributed by atoms with Crippen molar-refractivity contribution >= 4 is 11.9 Å². The molecule has 0 bridgehead atoms. The zero-order valence-electron chi connectivity index (χ0n) is 16.4. The quantitative estimate of drug-likeness (QED) is 0.423. The van der Waals surface area contributed by atoms with Crippen molar-refractivity contribution < 1.29 is 14.3 Å². The smallest absolute Gasteiger partial charge is 0.189 e. The van der Waals surface area contributed by atoms with Crippen LogP contribution in [0.15, 0.2) is 60.9 Å². The lowest BCUT2D eigenvalue weighted by Gasteiger charge is -2.11. The predicted octanol–water partition coefficient (Wildman–Crippen LogP) is 4.70. The zero-order valence-corrected chi connectivity index (χ0v) is 16.4. The van der Waals surface area contributed by atoms with Crippen molar-refractivity contribution in [1.82, 2.24) is 9.78 Å². The van der Waals surface area contributed by atoms with Gasteiger partial charge in [0.05, 0.1) is 18.9 Å². The summed E-state index contributed by atoms with van der Waals surface area (Å²) in [6.07, 6.45) is 6.69. The predicted molar refractivity (Wildman–Crippen MR) is 110 cm³/mol. The van der Waals surface area contributed by atoms with Crippen LogP contribution in [0.3, 0.4) is 0 Å². The van der Waals surface area contributed by atoms with Crippen LogP contribution in [-0.4, -0.2) is 22.7 Å².